The smallest absolute Gasteiger partial charge is 0.251 e. The summed E-state index contributed by atoms with van der Waals surface area (Å²) in [6, 6.07) is 5.04. The molecule has 1 fully saturated rings. The van der Waals surface area contributed by atoms with Gasteiger partial charge in [-0.1, -0.05) is 29.8 Å². The average Bonchev–Trinajstić information content (AvgIpc) is 3.34. The largest absolute Gasteiger partial charge is 0.370 e. The lowest BCUT2D eigenvalue weighted by atomic mass is 9.90. The number of Topliss-reactive ketones (excluding diaryl/α,β-unsaturated/α-hetero) is 1. The van der Waals surface area contributed by atoms with Crippen molar-refractivity contribution in [2.45, 2.75) is 64.1 Å². The lowest BCUT2D eigenvalue weighted by Crippen LogP contribution is -2.60. The minimum atomic E-state index is -1.48. The average molecular weight is 584 g/mol. The van der Waals surface area contributed by atoms with E-state index >= 15 is 0 Å². The van der Waals surface area contributed by atoms with E-state index in [9.17, 15) is 23.6 Å². The Morgan fingerprint density at radius 1 is 1.22 bits per heavy atom. The van der Waals surface area contributed by atoms with Crippen LogP contribution < -0.4 is 22.1 Å². The lowest BCUT2D eigenvalue weighted by Gasteiger charge is -2.34. The number of nitrogens with one attached hydrogen (secondary N) is 2. The molecule has 2 rings (SSSR count). The SMILES string of the molecule is CC(C)[C@H](NC(=O)c1ccc(Br)cc1)C(=O)N1CCC[C@H]1C(=O)NC(C)(CCCN=C(N)N)C(=O)CF. The first-order chi connectivity index (χ1) is 17.4. The van der Waals surface area contributed by atoms with Crippen LogP contribution in [0.1, 0.15) is 56.8 Å². The molecule has 1 aliphatic rings. The Hall–Kier alpha value is -3.02. The first-order valence-corrected chi connectivity index (χ1v) is 13.0. The van der Waals surface area contributed by atoms with Gasteiger partial charge in [-0.15, -0.1) is 0 Å². The normalized spacial score (nSPS) is 17.6. The molecular weight excluding hydrogens is 547 g/mol. The number of hydrogen-bond donors (Lipinski definition) is 4. The first kappa shape index (κ1) is 30.2. The highest BCUT2D eigenvalue weighted by molar-refractivity contribution is 9.10. The summed E-state index contributed by atoms with van der Waals surface area (Å²) in [4.78, 5) is 57.3. The number of likely N-dealkylation sites (tertiary alicyclic amines) is 1. The second-order valence-corrected chi connectivity index (χ2v) is 10.6. The number of nitrogens with two attached hydrogens (primary N) is 2. The van der Waals surface area contributed by atoms with Crippen LogP contribution in [0.5, 0.6) is 0 Å². The molecular formula is C25H36BrFN6O4. The lowest BCUT2D eigenvalue weighted by molar-refractivity contribution is -0.142. The Labute approximate surface area is 224 Å². The number of rotatable bonds is 12. The third kappa shape index (κ3) is 8.24. The van der Waals surface area contributed by atoms with Gasteiger partial charge in [-0.2, -0.15) is 0 Å². The van der Waals surface area contributed by atoms with Crippen molar-refractivity contribution in [3.05, 3.63) is 34.3 Å². The van der Waals surface area contributed by atoms with Crippen molar-refractivity contribution >= 4 is 45.4 Å². The van der Waals surface area contributed by atoms with Gasteiger partial charge < -0.3 is 27.0 Å². The summed E-state index contributed by atoms with van der Waals surface area (Å²) in [7, 11) is 0. The van der Waals surface area contributed by atoms with Gasteiger partial charge in [-0.3, -0.25) is 24.2 Å². The van der Waals surface area contributed by atoms with Crippen LogP contribution in [0.15, 0.2) is 33.7 Å². The van der Waals surface area contributed by atoms with E-state index in [-0.39, 0.29) is 30.8 Å². The molecule has 3 atom stereocenters. The number of nitrogens with zero attached hydrogens (tertiary/aromatic N) is 2. The maximum atomic E-state index is 13.5. The van der Waals surface area contributed by atoms with E-state index in [0.29, 0.717) is 31.4 Å². The molecule has 1 heterocycles. The topological polar surface area (TPSA) is 160 Å². The molecule has 3 amide bonds. The fourth-order valence-corrected chi connectivity index (χ4v) is 4.50. The molecule has 0 aliphatic carbocycles. The van der Waals surface area contributed by atoms with Crippen LogP contribution in [-0.4, -0.2) is 71.8 Å². The molecule has 37 heavy (non-hydrogen) atoms. The Morgan fingerprint density at radius 3 is 2.43 bits per heavy atom. The zero-order valence-electron chi connectivity index (χ0n) is 21.4. The van der Waals surface area contributed by atoms with E-state index < -0.39 is 41.9 Å². The van der Waals surface area contributed by atoms with Gasteiger partial charge in [0.2, 0.25) is 11.8 Å². The van der Waals surface area contributed by atoms with Crippen molar-refractivity contribution in [1.82, 2.24) is 15.5 Å². The molecule has 12 heteroatoms. The molecule has 6 N–H and O–H groups in total. The molecule has 1 aliphatic heterocycles. The van der Waals surface area contributed by atoms with Crippen LogP contribution in [0.3, 0.4) is 0 Å². The fraction of sp³-hybridized carbons (Fsp3) is 0.560. The number of alkyl halides is 1. The van der Waals surface area contributed by atoms with E-state index in [1.807, 2.05) is 13.8 Å². The van der Waals surface area contributed by atoms with Crippen molar-refractivity contribution in [1.29, 1.82) is 0 Å². The highest BCUT2D eigenvalue weighted by atomic mass is 79.9. The minimum Gasteiger partial charge on any atom is -0.370 e. The molecule has 10 nitrogen and oxygen atoms in total. The zero-order valence-corrected chi connectivity index (χ0v) is 23.0. The molecule has 0 radical (unpaired) electrons. The number of hydrogen-bond acceptors (Lipinski definition) is 5. The first-order valence-electron chi connectivity index (χ1n) is 12.2. The number of amides is 3. The summed E-state index contributed by atoms with van der Waals surface area (Å²) in [6.45, 7) is 4.37. The van der Waals surface area contributed by atoms with Gasteiger partial charge in [0.1, 0.15) is 12.1 Å². The Bertz CT molecular complexity index is 1010. The summed E-state index contributed by atoms with van der Waals surface area (Å²) >= 11 is 3.33. The number of aliphatic imine (C=N–C) groups is 1. The number of halogens is 2. The molecule has 1 unspecified atom stereocenters. The van der Waals surface area contributed by atoms with Crippen molar-refractivity contribution < 1.29 is 23.6 Å². The standard InChI is InChI=1S/C25H36BrFN6O4/c1-15(2)20(31-21(35)16-7-9-17(26)10-8-16)23(37)33-13-4-6-18(33)22(36)32-25(3,19(34)14-27)11-5-12-30-24(28)29/h7-10,15,18,20H,4-6,11-14H2,1-3H3,(H,31,35)(H,32,36)(H4,28,29,30)/t18-,20-,25?/m0/s1. The van der Waals surface area contributed by atoms with E-state index in [0.717, 1.165) is 4.47 Å². The molecule has 1 aromatic rings. The molecule has 0 spiro atoms. The predicted octanol–water partition coefficient (Wildman–Crippen LogP) is 1.66. The van der Waals surface area contributed by atoms with Gasteiger partial charge in [0.15, 0.2) is 18.4 Å². The predicted molar refractivity (Wildman–Crippen MR) is 142 cm³/mol. The highest BCUT2D eigenvalue weighted by Gasteiger charge is 2.42. The third-order valence-electron chi connectivity index (χ3n) is 6.43. The number of guanidine groups is 1. The summed E-state index contributed by atoms with van der Waals surface area (Å²) in [5.74, 6) is -2.45. The molecule has 1 aromatic carbocycles. The number of carbonyl (C=O) groups excluding carboxylic acids is 4. The van der Waals surface area contributed by atoms with Gasteiger partial charge in [0.05, 0.1) is 5.54 Å². The van der Waals surface area contributed by atoms with E-state index in [2.05, 4.69) is 31.6 Å². The molecule has 204 valence electrons. The maximum Gasteiger partial charge on any atom is 0.251 e. The number of ketones is 1. The summed E-state index contributed by atoms with van der Waals surface area (Å²) in [6.07, 6.45) is 1.42. The monoisotopic (exact) mass is 582 g/mol. The van der Waals surface area contributed by atoms with E-state index in [1.54, 1.807) is 24.3 Å². The van der Waals surface area contributed by atoms with Crippen molar-refractivity contribution in [2.24, 2.45) is 22.4 Å². The van der Waals surface area contributed by atoms with Crippen LogP contribution in [0.25, 0.3) is 0 Å². The van der Waals surface area contributed by atoms with Crippen molar-refractivity contribution in [3.8, 4) is 0 Å². The zero-order chi connectivity index (χ0) is 27.8. The maximum absolute atomic E-state index is 13.5. The van der Waals surface area contributed by atoms with Gasteiger partial charge in [-0.25, -0.2) is 4.39 Å². The quantitative estimate of drug-likeness (QED) is 0.166. The van der Waals surface area contributed by atoms with Crippen LogP contribution in [-0.2, 0) is 14.4 Å². The Balaban J connectivity index is 2.15. The summed E-state index contributed by atoms with van der Waals surface area (Å²) in [5.41, 5.74) is 9.56. The summed E-state index contributed by atoms with van der Waals surface area (Å²) in [5, 5.41) is 5.47. The fourth-order valence-electron chi connectivity index (χ4n) is 4.24. The highest BCUT2D eigenvalue weighted by Crippen LogP contribution is 2.23. The number of benzene rings is 1. The van der Waals surface area contributed by atoms with Crippen molar-refractivity contribution in [2.75, 3.05) is 19.8 Å². The van der Waals surface area contributed by atoms with Gasteiger partial charge >= 0.3 is 0 Å². The second kappa shape index (κ2) is 13.5. The van der Waals surface area contributed by atoms with Gasteiger partial charge in [-0.05, 0) is 62.8 Å². The second-order valence-electron chi connectivity index (χ2n) is 9.68. The van der Waals surface area contributed by atoms with E-state index in [1.165, 1.54) is 11.8 Å². The van der Waals surface area contributed by atoms with Gasteiger partial charge in [0.25, 0.3) is 5.91 Å². The minimum absolute atomic E-state index is 0.102. The van der Waals surface area contributed by atoms with Crippen LogP contribution >= 0.6 is 15.9 Å². The Morgan fingerprint density at radius 2 is 1.86 bits per heavy atom. The molecule has 0 saturated carbocycles. The van der Waals surface area contributed by atoms with Crippen LogP contribution in [0.4, 0.5) is 4.39 Å². The summed E-state index contributed by atoms with van der Waals surface area (Å²) < 4.78 is 14.2. The van der Waals surface area contributed by atoms with E-state index in [4.69, 9.17) is 11.5 Å². The van der Waals surface area contributed by atoms with Crippen LogP contribution in [0.2, 0.25) is 0 Å². The molecule has 0 aromatic heterocycles. The van der Waals surface area contributed by atoms with Crippen LogP contribution in [0, 0.1) is 5.92 Å². The van der Waals surface area contributed by atoms with Crippen molar-refractivity contribution in [3.63, 3.8) is 0 Å². The Kier molecular flexibility index (Phi) is 11.0. The van der Waals surface area contributed by atoms with Gasteiger partial charge in [0, 0.05) is 23.1 Å². The third-order valence-corrected chi connectivity index (χ3v) is 6.96. The number of carbonyl (C=O) groups is 4. The molecule has 1 saturated heterocycles. The molecule has 0 bridgehead atoms.